The van der Waals surface area contributed by atoms with Crippen LogP contribution in [-0.4, -0.2) is 34.5 Å². The Morgan fingerprint density at radius 3 is 2.68 bits per heavy atom. The summed E-state index contributed by atoms with van der Waals surface area (Å²) in [5, 5.41) is 12.1. The van der Waals surface area contributed by atoms with Gasteiger partial charge in [0.25, 0.3) is 5.91 Å². The molecule has 6 heteroatoms. The molecule has 1 atom stereocenters. The van der Waals surface area contributed by atoms with Crippen LogP contribution in [0.3, 0.4) is 0 Å². The van der Waals surface area contributed by atoms with Crippen molar-refractivity contribution in [3.05, 3.63) is 65.2 Å². The number of hydrogen-bond donors (Lipinski definition) is 2. The first-order chi connectivity index (χ1) is 11.9. The Labute approximate surface area is 145 Å². The van der Waals surface area contributed by atoms with E-state index in [-0.39, 0.29) is 5.56 Å². The first-order valence-corrected chi connectivity index (χ1v) is 8.14. The van der Waals surface area contributed by atoms with Gasteiger partial charge in [-0.3, -0.25) is 9.69 Å². The highest BCUT2D eigenvalue weighted by atomic mass is 19.1. The van der Waals surface area contributed by atoms with Crippen molar-refractivity contribution in [3.8, 4) is 5.75 Å². The number of hydrogen-bond acceptors (Lipinski definition) is 3. The Morgan fingerprint density at radius 1 is 1.24 bits per heavy atom. The molecule has 25 heavy (non-hydrogen) atoms. The van der Waals surface area contributed by atoms with E-state index in [2.05, 4.69) is 10.2 Å². The molecule has 2 aromatic carbocycles. The first kappa shape index (κ1) is 17.4. The lowest BCUT2D eigenvalue weighted by Crippen LogP contribution is -2.48. The standard InChI is InChI=1S/C19H20F2N2O2/c1-19(9-10-23(12-19)11-13-5-3-2-4-6-13)22-18(25)14-7-8-15(20)17(24)16(14)21/h2-8,24H,9-12H2,1H3,(H,22,25). The molecular formula is C19H20F2N2O2. The van der Waals surface area contributed by atoms with Crippen molar-refractivity contribution >= 4 is 5.91 Å². The van der Waals surface area contributed by atoms with Crippen LogP contribution in [0.25, 0.3) is 0 Å². The number of nitrogens with one attached hydrogen (secondary N) is 1. The minimum atomic E-state index is -1.24. The van der Waals surface area contributed by atoms with Gasteiger partial charge in [-0.05, 0) is 31.0 Å². The second-order valence-electron chi connectivity index (χ2n) is 6.72. The van der Waals surface area contributed by atoms with Crippen molar-refractivity contribution < 1.29 is 18.7 Å². The minimum absolute atomic E-state index is 0.360. The van der Waals surface area contributed by atoms with E-state index in [1.165, 1.54) is 5.56 Å². The zero-order valence-corrected chi connectivity index (χ0v) is 13.9. The van der Waals surface area contributed by atoms with E-state index in [0.717, 1.165) is 31.6 Å². The third-order valence-electron chi connectivity index (χ3n) is 4.53. The van der Waals surface area contributed by atoms with E-state index in [9.17, 15) is 18.7 Å². The molecule has 1 amide bonds. The number of phenols is 1. The highest BCUT2D eigenvalue weighted by molar-refractivity contribution is 5.95. The van der Waals surface area contributed by atoms with Crippen LogP contribution >= 0.6 is 0 Å². The largest absolute Gasteiger partial charge is 0.503 e. The summed E-state index contributed by atoms with van der Waals surface area (Å²) in [6.45, 7) is 4.11. The number of carbonyl (C=O) groups excluding carboxylic acids is 1. The zero-order valence-electron chi connectivity index (χ0n) is 13.9. The summed E-state index contributed by atoms with van der Waals surface area (Å²) in [6, 6.07) is 11.9. The van der Waals surface area contributed by atoms with Crippen molar-refractivity contribution in [1.82, 2.24) is 10.2 Å². The molecule has 2 N–H and O–H groups in total. The molecule has 1 aliphatic rings. The Morgan fingerprint density at radius 2 is 1.96 bits per heavy atom. The van der Waals surface area contributed by atoms with Crippen LogP contribution in [0, 0.1) is 11.6 Å². The lowest BCUT2D eigenvalue weighted by atomic mass is 10.0. The monoisotopic (exact) mass is 346 g/mol. The minimum Gasteiger partial charge on any atom is -0.503 e. The van der Waals surface area contributed by atoms with E-state index < -0.39 is 28.8 Å². The number of carbonyl (C=O) groups is 1. The number of phenolic OH excluding ortho intramolecular Hbond substituents is 1. The summed E-state index contributed by atoms with van der Waals surface area (Å²) in [4.78, 5) is 14.6. The summed E-state index contributed by atoms with van der Waals surface area (Å²) in [7, 11) is 0. The maximum Gasteiger partial charge on any atom is 0.254 e. The van der Waals surface area contributed by atoms with E-state index in [0.29, 0.717) is 6.54 Å². The predicted molar refractivity (Wildman–Crippen MR) is 90.2 cm³/mol. The first-order valence-electron chi connectivity index (χ1n) is 8.14. The van der Waals surface area contributed by atoms with Crippen LogP contribution in [-0.2, 0) is 6.54 Å². The molecule has 1 fully saturated rings. The normalized spacial score (nSPS) is 20.6. The fourth-order valence-electron chi connectivity index (χ4n) is 3.19. The zero-order chi connectivity index (χ0) is 18.0. The van der Waals surface area contributed by atoms with Gasteiger partial charge in [0.15, 0.2) is 17.4 Å². The van der Waals surface area contributed by atoms with Crippen LogP contribution in [0.2, 0.25) is 0 Å². The molecule has 1 heterocycles. The summed E-state index contributed by atoms with van der Waals surface area (Å²) >= 11 is 0. The number of aromatic hydroxyl groups is 1. The molecule has 1 aliphatic heterocycles. The third-order valence-corrected chi connectivity index (χ3v) is 4.53. The highest BCUT2D eigenvalue weighted by Crippen LogP contribution is 2.26. The Bertz CT molecular complexity index is 782. The number of rotatable bonds is 4. The second-order valence-corrected chi connectivity index (χ2v) is 6.72. The molecule has 4 nitrogen and oxygen atoms in total. The number of nitrogens with zero attached hydrogens (tertiary/aromatic N) is 1. The van der Waals surface area contributed by atoms with Gasteiger partial charge in [-0.1, -0.05) is 30.3 Å². The van der Waals surface area contributed by atoms with Crippen LogP contribution < -0.4 is 5.32 Å². The molecule has 0 bridgehead atoms. The molecule has 2 aromatic rings. The topological polar surface area (TPSA) is 52.6 Å². The van der Waals surface area contributed by atoms with E-state index in [1.807, 2.05) is 37.3 Å². The van der Waals surface area contributed by atoms with Crippen molar-refractivity contribution in [1.29, 1.82) is 0 Å². The van der Waals surface area contributed by atoms with Crippen molar-refractivity contribution in [2.75, 3.05) is 13.1 Å². The molecular weight excluding hydrogens is 326 g/mol. The number of likely N-dealkylation sites (tertiary alicyclic amines) is 1. The fourth-order valence-corrected chi connectivity index (χ4v) is 3.19. The van der Waals surface area contributed by atoms with E-state index >= 15 is 0 Å². The third kappa shape index (κ3) is 3.79. The average Bonchev–Trinajstić information content (AvgIpc) is 2.94. The molecule has 132 valence electrons. The van der Waals surface area contributed by atoms with Crippen LogP contribution in [0.1, 0.15) is 29.3 Å². The number of benzene rings is 2. The Hall–Kier alpha value is -2.47. The molecule has 0 aliphatic carbocycles. The van der Waals surface area contributed by atoms with Crippen LogP contribution in [0.5, 0.6) is 5.75 Å². The van der Waals surface area contributed by atoms with Crippen LogP contribution in [0.15, 0.2) is 42.5 Å². The van der Waals surface area contributed by atoms with Gasteiger partial charge in [0, 0.05) is 19.6 Å². The smallest absolute Gasteiger partial charge is 0.254 e. The van der Waals surface area contributed by atoms with Gasteiger partial charge in [-0.2, -0.15) is 0 Å². The molecule has 0 saturated carbocycles. The van der Waals surface area contributed by atoms with Gasteiger partial charge in [-0.15, -0.1) is 0 Å². The Balaban J connectivity index is 1.66. The highest BCUT2D eigenvalue weighted by Gasteiger charge is 2.35. The van der Waals surface area contributed by atoms with Gasteiger partial charge >= 0.3 is 0 Å². The quantitative estimate of drug-likeness (QED) is 0.895. The summed E-state index contributed by atoms with van der Waals surface area (Å²) < 4.78 is 27.0. The van der Waals surface area contributed by atoms with Crippen molar-refractivity contribution in [2.45, 2.75) is 25.4 Å². The average molecular weight is 346 g/mol. The van der Waals surface area contributed by atoms with Gasteiger partial charge in [0.1, 0.15) is 0 Å². The van der Waals surface area contributed by atoms with E-state index in [1.54, 1.807) is 0 Å². The van der Waals surface area contributed by atoms with Crippen molar-refractivity contribution in [2.24, 2.45) is 0 Å². The molecule has 3 rings (SSSR count). The van der Waals surface area contributed by atoms with E-state index in [4.69, 9.17) is 0 Å². The van der Waals surface area contributed by atoms with Crippen LogP contribution in [0.4, 0.5) is 8.78 Å². The lowest BCUT2D eigenvalue weighted by molar-refractivity contribution is 0.0902. The summed E-state index contributed by atoms with van der Waals surface area (Å²) in [5.74, 6) is -4.11. The van der Waals surface area contributed by atoms with Gasteiger partial charge in [0.05, 0.1) is 11.1 Å². The summed E-state index contributed by atoms with van der Waals surface area (Å²) in [5.41, 5.74) is 0.316. The van der Waals surface area contributed by atoms with Gasteiger partial charge < -0.3 is 10.4 Å². The summed E-state index contributed by atoms with van der Waals surface area (Å²) in [6.07, 6.45) is 0.723. The second kappa shape index (κ2) is 6.80. The van der Waals surface area contributed by atoms with Crippen molar-refractivity contribution in [3.63, 3.8) is 0 Å². The maximum atomic E-state index is 13.9. The number of amides is 1. The van der Waals surface area contributed by atoms with Gasteiger partial charge in [0.2, 0.25) is 0 Å². The molecule has 0 spiro atoms. The molecule has 0 aromatic heterocycles. The number of halogens is 2. The molecule has 1 unspecified atom stereocenters. The molecule has 0 radical (unpaired) electrons. The molecule has 1 saturated heterocycles. The maximum absolute atomic E-state index is 13.9. The lowest BCUT2D eigenvalue weighted by Gasteiger charge is -2.26. The predicted octanol–water partition coefficient (Wildman–Crippen LogP) is 3.06. The Kier molecular flexibility index (Phi) is 4.72. The van der Waals surface area contributed by atoms with Gasteiger partial charge in [-0.25, -0.2) is 8.78 Å². The SMILES string of the molecule is CC1(NC(=O)c2ccc(F)c(O)c2F)CCN(Cc2ccccc2)C1. The fraction of sp³-hybridized carbons (Fsp3) is 0.316.